The summed E-state index contributed by atoms with van der Waals surface area (Å²) < 4.78 is 14.3. The molecule has 2 N–H and O–H groups in total. The van der Waals surface area contributed by atoms with Gasteiger partial charge < -0.3 is 5.11 Å². The first-order valence-corrected chi connectivity index (χ1v) is 11.4. The third-order valence-electron chi connectivity index (χ3n) is 5.88. The molecule has 0 spiro atoms. The minimum absolute atomic E-state index is 0.370. The predicted molar refractivity (Wildman–Crippen MR) is 137 cm³/mol. The second kappa shape index (κ2) is 10.8. The number of fused-ring (bicyclic) bond motifs is 1. The average Bonchev–Trinajstić information content (AvgIpc) is 2.86. The number of benzene rings is 4. The van der Waals surface area contributed by atoms with Crippen molar-refractivity contribution in [2.45, 2.75) is 32.5 Å². The van der Waals surface area contributed by atoms with Crippen molar-refractivity contribution in [3.63, 3.8) is 0 Å². The number of carboxylic acid groups (broad SMARTS) is 1. The largest absolute Gasteiger partial charge is 0.465 e. The molecule has 4 aromatic carbocycles. The van der Waals surface area contributed by atoms with E-state index >= 15 is 0 Å². The maximum Gasteiger partial charge on any atom is 0.409 e. The molecule has 0 aliphatic carbocycles. The molecule has 34 heavy (non-hydrogen) atoms. The van der Waals surface area contributed by atoms with Gasteiger partial charge in [0.15, 0.2) is 0 Å². The molecule has 0 aliphatic rings. The standard InChI is InChI=1S/C29H27FN2O2/c1-2-6-28(30)21-13-11-20(12-14-21)26-10-5-8-22-17-23(15-16-27(22)26)25-9-4-3-7-24(25)18-31-19-32-29(33)34/h3-5,7-17,19,28H,2,6,18H2,1H3,(H,31,32)(H,33,34). The number of amides is 1. The van der Waals surface area contributed by atoms with Crippen LogP contribution in [0.5, 0.6) is 0 Å². The first kappa shape index (κ1) is 23.2. The minimum atomic E-state index is -1.14. The number of hydrogen-bond donors (Lipinski definition) is 2. The minimum Gasteiger partial charge on any atom is -0.465 e. The van der Waals surface area contributed by atoms with Gasteiger partial charge in [-0.25, -0.2) is 9.18 Å². The molecule has 0 bridgehead atoms. The Bertz CT molecular complexity index is 1320. The highest BCUT2D eigenvalue weighted by molar-refractivity contribution is 5.98. The maximum atomic E-state index is 14.3. The third kappa shape index (κ3) is 5.31. The van der Waals surface area contributed by atoms with Gasteiger partial charge in [0.05, 0.1) is 12.9 Å². The predicted octanol–water partition coefficient (Wildman–Crippen LogP) is 7.78. The number of carbonyl (C=O) groups is 1. The Morgan fingerprint density at radius 1 is 0.971 bits per heavy atom. The summed E-state index contributed by atoms with van der Waals surface area (Å²) in [6, 6.07) is 28.3. The molecule has 0 aliphatic heterocycles. The van der Waals surface area contributed by atoms with Gasteiger partial charge in [-0.1, -0.05) is 92.2 Å². The van der Waals surface area contributed by atoms with Gasteiger partial charge in [-0.05, 0) is 56.6 Å². The first-order valence-electron chi connectivity index (χ1n) is 11.4. The lowest BCUT2D eigenvalue weighted by Gasteiger charge is -2.12. The van der Waals surface area contributed by atoms with E-state index in [1.165, 1.54) is 6.34 Å². The van der Waals surface area contributed by atoms with Gasteiger partial charge in [0.1, 0.15) is 6.17 Å². The van der Waals surface area contributed by atoms with Gasteiger partial charge >= 0.3 is 6.09 Å². The molecule has 0 radical (unpaired) electrons. The lowest BCUT2D eigenvalue weighted by atomic mass is 9.93. The van der Waals surface area contributed by atoms with Crippen LogP contribution < -0.4 is 5.32 Å². The van der Waals surface area contributed by atoms with E-state index in [-0.39, 0.29) is 0 Å². The highest BCUT2D eigenvalue weighted by Gasteiger charge is 2.11. The molecule has 0 fully saturated rings. The molecule has 1 unspecified atom stereocenters. The fourth-order valence-corrected chi connectivity index (χ4v) is 4.18. The zero-order valence-corrected chi connectivity index (χ0v) is 19.0. The molecule has 4 rings (SSSR count). The number of alkyl halides is 1. The van der Waals surface area contributed by atoms with Crippen LogP contribution in [0.15, 0.2) is 89.9 Å². The fourth-order valence-electron chi connectivity index (χ4n) is 4.18. The Hall–Kier alpha value is -3.99. The molecule has 0 aromatic heterocycles. The summed E-state index contributed by atoms with van der Waals surface area (Å²) in [5.74, 6) is 0. The van der Waals surface area contributed by atoms with E-state index in [0.29, 0.717) is 13.0 Å². The van der Waals surface area contributed by atoms with Crippen molar-refractivity contribution in [2.75, 3.05) is 0 Å². The van der Waals surface area contributed by atoms with Crippen LogP contribution in [-0.4, -0.2) is 17.5 Å². The molecule has 1 amide bonds. The van der Waals surface area contributed by atoms with Crippen molar-refractivity contribution in [3.05, 3.63) is 96.1 Å². The van der Waals surface area contributed by atoms with E-state index in [2.05, 4.69) is 40.6 Å². The van der Waals surface area contributed by atoms with E-state index in [9.17, 15) is 9.18 Å². The molecular weight excluding hydrogens is 427 g/mol. The molecule has 1 atom stereocenters. The van der Waals surface area contributed by atoms with Crippen LogP contribution >= 0.6 is 0 Å². The molecule has 4 aromatic rings. The maximum absolute atomic E-state index is 14.3. The second-order valence-corrected chi connectivity index (χ2v) is 8.20. The molecule has 5 heteroatoms. The Morgan fingerprint density at radius 2 is 1.71 bits per heavy atom. The molecule has 0 heterocycles. The smallest absolute Gasteiger partial charge is 0.409 e. The van der Waals surface area contributed by atoms with Crippen molar-refractivity contribution < 1.29 is 14.3 Å². The van der Waals surface area contributed by atoms with Crippen LogP contribution in [0.25, 0.3) is 33.0 Å². The van der Waals surface area contributed by atoms with Gasteiger partial charge in [0.25, 0.3) is 0 Å². The van der Waals surface area contributed by atoms with E-state index in [0.717, 1.165) is 50.6 Å². The molecule has 0 saturated heterocycles. The van der Waals surface area contributed by atoms with Crippen LogP contribution in [0.3, 0.4) is 0 Å². The van der Waals surface area contributed by atoms with E-state index in [1.54, 1.807) is 0 Å². The lowest BCUT2D eigenvalue weighted by molar-refractivity contribution is 0.200. The monoisotopic (exact) mass is 454 g/mol. The fraction of sp³-hybridized carbons (Fsp3) is 0.172. The summed E-state index contributed by atoms with van der Waals surface area (Å²) in [5.41, 5.74) is 6.02. The molecule has 172 valence electrons. The quantitative estimate of drug-likeness (QED) is 0.211. The number of aliphatic imine (C=N–C) groups is 1. The van der Waals surface area contributed by atoms with Crippen molar-refractivity contribution in [2.24, 2.45) is 4.99 Å². The number of nitrogens with zero attached hydrogens (tertiary/aromatic N) is 1. The Morgan fingerprint density at radius 3 is 2.47 bits per heavy atom. The normalized spacial score (nSPS) is 12.2. The zero-order chi connectivity index (χ0) is 23.9. The van der Waals surface area contributed by atoms with Gasteiger partial charge in [0.2, 0.25) is 0 Å². The summed E-state index contributed by atoms with van der Waals surface area (Å²) in [5, 5.41) is 13.1. The van der Waals surface area contributed by atoms with Gasteiger partial charge in [-0.2, -0.15) is 0 Å². The van der Waals surface area contributed by atoms with Crippen LogP contribution in [0.2, 0.25) is 0 Å². The zero-order valence-electron chi connectivity index (χ0n) is 19.0. The highest BCUT2D eigenvalue weighted by Crippen LogP contribution is 2.34. The van der Waals surface area contributed by atoms with Gasteiger partial charge in [0, 0.05) is 0 Å². The van der Waals surface area contributed by atoms with Crippen molar-refractivity contribution in [3.8, 4) is 22.3 Å². The Labute approximate surface area is 198 Å². The summed E-state index contributed by atoms with van der Waals surface area (Å²) in [7, 11) is 0. The average molecular weight is 455 g/mol. The molecule has 4 nitrogen and oxygen atoms in total. The lowest BCUT2D eigenvalue weighted by Crippen LogP contribution is -2.18. The van der Waals surface area contributed by atoms with Crippen molar-refractivity contribution in [1.29, 1.82) is 0 Å². The van der Waals surface area contributed by atoms with Crippen LogP contribution in [0, 0.1) is 0 Å². The summed E-state index contributed by atoms with van der Waals surface area (Å²) in [6.45, 7) is 2.36. The van der Waals surface area contributed by atoms with Crippen LogP contribution in [-0.2, 0) is 6.54 Å². The molecule has 0 saturated carbocycles. The van der Waals surface area contributed by atoms with Crippen LogP contribution in [0.4, 0.5) is 9.18 Å². The van der Waals surface area contributed by atoms with E-state index in [1.807, 2.05) is 61.5 Å². The number of rotatable bonds is 8. The van der Waals surface area contributed by atoms with Crippen molar-refractivity contribution >= 4 is 23.2 Å². The van der Waals surface area contributed by atoms with Gasteiger partial charge in [-0.15, -0.1) is 0 Å². The SMILES string of the molecule is CCCC(F)c1ccc(-c2cccc3cc(-c4ccccc4CN=CNC(=O)O)ccc23)cc1. The van der Waals surface area contributed by atoms with E-state index in [4.69, 9.17) is 5.11 Å². The summed E-state index contributed by atoms with van der Waals surface area (Å²) in [6.07, 6.45) is 0.508. The third-order valence-corrected chi connectivity index (χ3v) is 5.88. The Balaban J connectivity index is 1.65. The highest BCUT2D eigenvalue weighted by atomic mass is 19.1. The van der Waals surface area contributed by atoms with E-state index < -0.39 is 12.3 Å². The Kier molecular flexibility index (Phi) is 7.33. The number of nitrogens with one attached hydrogen (secondary N) is 1. The summed E-state index contributed by atoms with van der Waals surface area (Å²) >= 11 is 0. The number of hydrogen-bond acceptors (Lipinski definition) is 2. The second-order valence-electron chi connectivity index (χ2n) is 8.20. The molecular formula is C29H27FN2O2. The topological polar surface area (TPSA) is 61.7 Å². The van der Waals surface area contributed by atoms with Crippen LogP contribution in [0.1, 0.15) is 37.1 Å². The first-order chi connectivity index (χ1) is 16.6. The van der Waals surface area contributed by atoms with Crippen molar-refractivity contribution in [1.82, 2.24) is 5.32 Å². The van der Waals surface area contributed by atoms with Gasteiger partial charge in [-0.3, -0.25) is 10.3 Å². The summed E-state index contributed by atoms with van der Waals surface area (Å²) in [4.78, 5) is 14.8. The number of halogens is 1.